The summed E-state index contributed by atoms with van der Waals surface area (Å²) in [6.45, 7) is 0. The Morgan fingerprint density at radius 3 is 2.53 bits per heavy atom. The molecule has 5 nitrogen and oxygen atoms in total. The molecule has 0 aliphatic rings. The average molecular weight is 255 g/mol. The molecule has 0 saturated heterocycles. The molecular formula is C14H9NO4. The van der Waals surface area contributed by atoms with Gasteiger partial charge in [0.25, 0.3) is 5.95 Å². The van der Waals surface area contributed by atoms with Crippen LogP contribution in [-0.2, 0) is 0 Å². The number of phenolic OH excluding ortho intramolecular Hbond substituents is 1. The van der Waals surface area contributed by atoms with Crippen molar-refractivity contribution in [3.8, 4) is 22.8 Å². The Hall–Kier alpha value is -2.82. The van der Waals surface area contributed by atoms with Crippen LogP contribution in [0.25, 0.3) is 22.1 Å². The van der Waals surface area contributed by atoms with Gasteiger partial charge in [0.1, 0.15) is 22.3 Å². The number of hydrogen-bond donors (Lipinski definition) is 2. The minimum Gasteiger partial charge on any atom is -0.507 e. The third kappa shape index (κ3) is 1.72. The quantitative estimate of drug-likeness (QED) is 0.696. The molecule has 0 unspecified atom stereocenters. The molecule has 5 heteroatoms. The van der Waals surface area contributed by atoms with Crippen LogP contribution < -0.4 is 5.43 Å². The Kier molecular flexibility index (Phi) is 2.45. The van der Waals surface area contributed by atoms with Gasteiger partial charge in [-0.1, -0.05) is 6.07 Å². The van der Waals surface area contributed by atoms with Crippen LogP contribution in [0.4, 0.5) is 0 Å². The van der Waals surface area contributed by atoms with Gasteiger partial charge < -0.3 is 14.6 Å². The normalized spacial score (nSPS) is 10.7. The zero-order chi connectivity index (χ0) is 13.4. The second-order valence-corrected chi connectivity index (χ2v) is 4.00. The van der Waals surface area contributed by atoms with Crippen LogP contribution in [0.15, 0.2) is 51.9 Å². The summed E-state index contributed by atoms with van der Waals surface area (Å²) in [5, 5.41) is 19.7. The van der Waals surface area contributed by atoms with Gasteiger partial charge in [0.05, 0.1) is 0 Å². The third-order valence-corrected chi connectivity index (χ3v) is 2.85. The molecule has 0 aliphatic heterocycles. The highest BCUT2D eigenvalue weighted by Gasteiger charge is 2.17. The van der Waals surface area contributed by atoms with E-state index in [4.69, 9.17) is 4.42 Å². The molecule has 3 rings (SSSR count). The molecule has 2 aromatic heterocycles. The van der Waals surface area contributed by atoms with Crippen molar-refractivity contribution < 1.29 is 14.6 Å². The lowest BCUT2D eigenvalue weighted by Gasteiger charge is -2.05. The maximum Gasteiger partial charge on any atom is 0.294 e. The van der Waals surface area contributed by atoms with Gasteiger partial charge in [0, 0.05) is 12.4 Å². The fraction of sp³-hybridized carbons (Fsp3) is 0. The van der Waals surface area contributed by atoms with E-state index in [0.717, 1.165) is 0 Å². The van der Waals surface area contributed by atoms with Crippen molar-refractivity contribution >= 4 is 11.0 Å². The van der Waals surface area contributed by atoms with Crippen molar-refractivity contribution in [2.75, 3.05) is 0 Å². The van der Waals surface area contributed by atoms with Crippen molar-refractivity contribution in [1.82, 2.24) is 4.98 Å². The van der Waals surface area contributed by atoms with Gasteiger partial charge >= 0.3 is 0 Å². The molecule has 0 spiro atoms. The second-order valence-electron chi connectivity index (χ2n) is 4.00. The molecule has 94 valence electrons. The molecule has 2 N–H and O–H groups in total. The molecule has 1 aromatic carbocycles. The molecule has 2 heterocycles. The summed E-state index contributed by atoms with van der Waals surface area (Å²) >= 11 is 0. The van der Waals surface area contributed by atoms with E-state index in [-0.39, 0.29) is 22.3 Å². The number of pyridine rings is 1. The van der Waals surface area contributed by atoms with Gasteiger partial charge in [0.2, 0.25) is 5.43 Å². The summed E-state index contributed by atoms with van der Waals surface area (Å²) < 4.78 is 5.18. The van der Waals surface area contributed by atoms with E-state index in [2.05, 4.69) is 4.98 Å². The Morgan fingerprint density at radius 1 is 1.05 bits per heavy atom. The number of fused-ring (bicyclic) bond motifs is 1. The number of hydrogen-bond acceptors (Lipinski definition) is 5. The van der Waals surface area contributed by atoms with E-state index in [1.54, 1.807) is 12.1 Å². The van der Waals surface area contributed by atoms with Crippen LogP contribution in [-0.4, -0.2) is 15.2 Å². The van der Waals surface area contributed by atoms with Crippen molar-refractivity contribution in [3.63, 3.8) is 0 Å². The summed E-state index contributed by atoms with van der Waals surface area (Å²) in [5.41, 5.74) is 0.145. The molecule has 0 aliphatic carbocycles. The lowest BCUT2D eigenvalue weighted by atomic mass is 10.1. The summed E-state index contributed by atoms with van der Waals surface area (Å²) in [6, 6.07) is 7.60. The monoisotopic (exact) mass is 255 g/mol. The van der Waals surface area contributed by atoms with E-state index >= 15 is 0 Å². The van der Waals surface area contributed by atoms with Crippen LogP contribution in [0, 0.1) is 0 Å². The summed E-state index contributed by atoms with van der Waals surface area (Å²) in [5.74, 6) is -0.657. The number of nitrogens with zero attached hydrogens (tertiary/aromatic N) is 1. The standard InChI is InChI=1S/C14H9NO4/c16-9-2-1-3-10-12(9)13(17)11(14(18)19-10)8-4-6-15-7-5-8/h1-7,16,18H. The Morgan fingerprint density at radius 2 is 1.79 bits per heavy atom. The van der Waals surface area contributed by atoms with Crippen molar-refractivity contribution in [3.05, 3.63) is 52.9 Å². The number of aromatic hydroxyl groups is 2. The zero-order valence-corrected chi connectivity index (χ0v) is 9.70. The molecular weight excluding hydrogens is 246 g/mol. The fourth-order valence-corrected chi connectivity index (χ4v) is 1.98. The lowest BCUT2D eigenvalue weighted by Crippen LogP contribution is -2.05. The largest absolute Gasteiger partial charge is 0.507 e. The van der Waals surface area contributed by atoms with Crippen molar-refractivity contribution in [2.24, 2.45) is 0 Å². The third-order valence-electron chi connectivity index (χ3n) is 2.85. The van der Waals surface area contributed by atoms with E-state index < -0.39 is 11.4 Å². The Bertz CT molecular complexity index is 809. The molecule has 0 radical (unpaired) electrons. The SMILES string of the molecule is O=c1c(-c2ccncc2)c(O)oc2cccc(O)c12. The Balaban J connectivity index is 2.45. The number of aromatic nitrogens is 1. The molecule has 0 saturated carbocycles. The predicted molar refractivity (Wildman–Crippen MR) is 69.0 cm³/mol. The van der Waals surface area contributed by atoms with Gasteiger partial charge in [0.15, 0.2) is 0 Å². The van der Waals surface area contributed by atoms with Crippen LogP contribution in [0.1, 0.15) is 0 Å². The minimum atomic E-state index is -0.483. The van der Waals surface area contributed by atoms with E-state index in [1.807, 2.05) is 0 Å². The fourth-order valence-electron chi connectivity index (χ4n) is 1.98. The second kappa shape index (κ2) is 4.13. The molecule has 3 aromatic rings. The minimum absolute atomic E-state index is 0.0106. The van der Waals surface area contributed by atoms with Crippen LogP contribution in [0.5, 0.6) is 11.7 Å². The van der Waals surface area contributed by atoms with Crippen LogP contribution in [0.3, 0.4) is 0 Å². The molecule has 0 amide bonds. The molecule has 0 atom stereocenters. The maximum absolute atomic E-state index is 12.4. The first kappa shape index (κ1) is 11.3. The first-order chi connectivity index (χ1) is 9.18. The van der Waals surface area contributed by atoms with Gasteiger partial charge in [-0.15, -0.1) is 0 Å². The highest BCUT2D eigenvalue weighted by atomic mass is 16.5. The van der Waals surface area contributed by atoms with Gasteiger partial charge in [-0.25, -0.2) is 0 Å². The average Bonchev–Trinajstić information content (AvgIpc) is 2.39. The van der Waals surface area contributed by atoms with Gasteiger partial charge in [-0.2, -0.15) is 0 Å². The van der Waals surface area contributed by atoms with E-state index in [0.29, 0.717) is 5.56 Å². The number of benzene rings is 1. The number of phenols is 1. The number of rotatable bonds is 1. The van der Waals surface area contributed by atoms with E-state index in [1.165, 1.54) is 30.6 Å². The Labute approximate surface area is 107 Å². The lowest BCUT2D eigenvalue weighted by molar-refractivity contribution is 0.341. The first-order valence-electron chi connectivity index (χ1n) is 5.56. The van der Waals surface area contributed by atoms with Crippen molar-refractivity contribution in [1.29, 1.82) is 0 Å². The molecule has 19 heavy (non-hydrogen) atoms. The highest BCUT2D eigenvalue weighted by molar-refractivity contribution is 5.88. The molecule has 0 fully saturated rings. The van der Waals surface area contributed by atoms with Crippen LogP contribution >= 0.6 is 0 Å². The molecule has 0 bridgehead atoms. The predicted octanol–water partition coefficient (Wildman–Crippen LogP) is 2.27. The van der Waals surface area contributed by atoms with Crippen LogP contribution in [0.2, 0.25) is 0 Å². The van der Waals surface area contributed by atoms with Crippen molar-refractivity contribution in [2.45, 2.75) is 0 Å². The summed E-state index contributed by atoms with van der Waals surface area (Å²) in [4.78, 5) is 16.2. The topological polar surface area (TPSA) is 83.6 Å². The van der Waals surface area contributed by atoms with Gasteiger partial charge in [-0.05, 0) is 29.8 Å². The highest BCUT2D eigenvalue weighted by Crippen LogP contribution is 2.31. The van der Waals surface area contributed by atoms with Gasteiger partial charge in [-0.3, -0.25) is 9.78 Å². The summed E-state index contributed by atoms with van der Waals surface area (Å²) in [7, 11) is 0. The van der Waals surface area contributed by atoms with E-state index in [9.17, 15) is 15.0 Å². The summed E-state index contributed by atoms with van der Waals surface area (Å²) in [6.07, 6.45) is 3.01. The zero-order valence-electron chi connectivity index (χ0n) is 9.70. The smallest absolute Gasteiger partial charge is 0.294 e. The maximum atomic E-state index is 12.4. The first-order valence-corrected chi connectivity index (χ1v) is 5.56.